The Bertz CT molecular complexity index is 313. The number of halogens is 2. The maximum atomic E-state index is 2.99. The molecule has 0 atom stereocenters. The molecule has 0 aromatic carbocycles. The number of rotatable bonds is 0. The van der Waals surface area contributed by atoms with Gasteiger partial charge in [0.15, 0.2) is 0 Å². The number of aromatic amines is 1. The van der Waals surface area contributed by atoms with Gasteiger partial charge >= 0.3 is 41.3 Å². The van der Waals surface area contributed by atoms with Crippen LogP contribution in [0.5, 0.6) is 0 Å². The second-order valence-corrected chi connectivity index (χ2v) is 8.28. The van der Waals surface area contributed by atoms with Crippen molar-refractivity contribution >= 4 is 28.0 Å². The fraction of sp³-hybridized carbons (Fsp3) is 0.450. The first kappa shape index (κ1) is 35.2. The molecule has 0 spiro atoms. The fourth-order valence-electron chi connectivity index (χ4n) is 0.581. The van der Waals surface area contributed by atoms with Crippen LogP contribution in [-0.4, -0.2) is 8.19 Å². The summed E-state index contributed by atoms with van der Waals surface area (Å²) in [5.74, 6) is 2.83. The van der Waals surface area contributed by atoms with E-state index in [1.54, 1.807) is 24.2 Å². The minimum absolute atomic E-state index is 0. The molecule has 1 aromatic heterocycles. The fourth-order valence-corrected chi connectivity index (χ4v) is 0.581. The first-order valence-corrected chi connectivity index (χ1v) is 8.69. The Balaban J connectivity index is -0.0000000618. The largest absolute Gasteiger partial charge is 0.484 e. The maximum absolute atomic E-state index is 2.99. The van der Waals surface area contributed by atoms with Crippen molar-refractivity contribution in [3.05, 3.63) is 60.7 Å². The second kappa shape index (κ2) is 30.9. The average molecular weight is 452 g/mol. The average Bonchev–Trinajstić information content (AvgIpc) is 3.06. The Morgan fingerprint density at radius 3 is 1.50 bits per heavy atom. The Morgan fingerprint density at radius 2 is 1.42 bits per heavy atom. The van der Waals surface area contributed by atoms with Crippen LogP contribution in [0.25, 0.3) is 0 Å². The summed E-state index contributed by atoms with van der Waals surface area (Å²) in [4.78, 5) is 2.74. The van der Waals surface area contributed by atoms with Crippen LogP contribution >= 0.6 is 24.8 Å². The maximum Gasteiger partial charge on any atom is -0.108 e. The first-order valence-electron chi connectivity index (χ1n) is 7.46. The third-order valence-electron chi connectivity index (χ3n) is 1.03. The normalized spacial score (nSPS) is 9.38. The van der Waals surface area contributed by atoms with Crippen LogP contribution in [0.15, 0.2) is 36.6 Å². The van der Waals surface area contributed by atoms with Gasteiger partial charge in [0.25, 0.3) is 0 Å². The zero-order chi connectivity index (χ0) is 17.8. The van der Waals surface area contributed by atoms with Gasteiger partial charge in [-0.25, -0.2) is 12.2 Å². The molecule has 0 unspecified atom stereocenters. The third kappa shape index (κ3) is 96.5. The molecule has 0 saturated carbocycles. The summed E-state index contributed by atoms with van der Waals surface area (Å²) in [6.07, 6.45) is 14.6. The quantitative estimate of drug-likeness (QED) is 0.411. The number of H-pyrrole nitrogens is 1. The Morgan fingerprint density at radius 1 is 1.00 bits per heavy atom. The standard InChI is InChI=1S/C5H5.C4H4N.2C4H9.C3H6.2ClH.Zr/c2*1-2-4-5-3-1;2*1-4(2)3;1-3-2;;;/h1-3H,4H2;1-3,5H;2*1-3H3;1-2H3;2*1H;/q4*-1;;;;. The molecule has 4 heteroatoms. The zero-order valence-corrected chi connectivity index (χ0v) is 20.6. The van der Waals surface area contributed by atoms with E-state index < -0.39 is 0 Å². The van der Waals surface area contributed by atoms with E-state index in [0.29, 0.717) is 0 Å². The SMILES string of the molecule is C[C-](C)C.C[C-](C)C.C[C](C)=[Zr].Cl.Cl.[C-]1=CC=CC1.[c-]1ccc[nH]1. The van der Waals surface area contributed by atoms with E-state index in [1.165, 1.54) is 15.0 Å². The van der Waals surface area contributed by atoms with Crippen LogP contribution in [0.4, 0.5) is 0 Å². The molecule has 0 radical (unpaired) electrons. The van der Waals surface area contributed by atoms with E-state index in [4.69, 9.17) is 0 Å². The van der Waals surface area contributed by atoms with Crippen LogP contribution in [0, 0.1) is 24.1 Å². The predicted molar refractivity (Wildman–Crippen MR) is 113 cm³/mol. The third-order valence-corrected chi connectivity index (χ3v) is 1.03. The number of hydrogen-bond acceptors (Lipinski definition) is 0. The van der Waals surface area contributed by atoms with Crippen LogP contribution in [0.2, 0.25) is 0 Å². The van der Waals surface area contributed by atoms with Gasteiger partial charge in [0.1, 0.15) is 0 Å². The van der Waals surface area contributed by atoms with Crippen molar-refractivity contribution in [3.8, 4) is 0 Å². The minimum atomic E-state index is 0. The molecule has 0 saturated heterocycles. The molecule has 0 bridgehead atoms. The van der Waals surface area contributed by atoms with Crippen molar-refractivity contribution in [2.45, 2.75) is 61.8 Å². The van der Waals surface area contributed by atoms with Crippen molar-refractivity contribution in [1.29, 1.82) is 0 Å². The molecule has 142 valence electrons. The minimum Gasteiger partial charge on any atom is -0.484 e. The van der Waals surface area contributed by atoms with E-state index in [0.717, 1.165) is 6.42 Å². The summed E-state index contributed by atoms with van der Waals surface area (Å²) in [5, 5.41) is 0. The molecule has 1 N–H and O–H groups in total. The molecule has 0 fully saturated rings. The number of allylic oxidation sites excluding steroid dienone is 4. The van der Waals surface area contributed by atoms with Crippen LogP contribution < -0.4 is 0 Å². The summed E-state index contributed by atoms with van der Waals surface area (Å²) in [7, 11) is 0. The molecule has 1 heterocycles. The van der Waals surface area contributed by atoms with Gasteiger partial charge in [-0.1, -0.05) is 0 Å². The van der Waals surface area contributed by atoms with Crippen molar-refractivity contribution in [2.24, 2.45) is 0 Å². The molecule has 1 aliphatic carbocycles. The Kier molecular flexibility index (Phi) is 45.4. The van der Waals surface area contributed by atoms with Gasteiger partial charge < -0.3 is 16.8 Å². The Labute approximate surface area is 178 Å². The monoisotopic (exact) mass is 449 g/mol. The van der Waals surface area contributed by atoms with Crippen molar-refractivity contribution in [1.82, 2.24) is 4.98 Å². The summed E-state index contributed by atoms with van der Waals surface area (Å²) >= 11 is 1.55. The van der Waals surface area contributed by atoms with Crippen molar-refractivity contribution in [3.63, 3.8) is 0 Å². The van der Waals surface area contributed by atoms with E-state index in [-0.39, 0.29) is 24.8 Å². The number of nitrogens with one attached hydrogen (secondary N) is 1. The van der Waals surface area contributed by atoms with E-state index in [9.17, 15) is 0 Å². The molecule has 2 rings (SSSR count). The first-order chi connectivity index (χ1) is 10.2. The zero-order valence-electron chi connectivity index (χ0n) is 16.5. The van der Waals surface area contributed by atoms with Crippen molar-refractivity contribution in [2.75, 3.05) is 0 Å². The van der Waals surface area contributed by atoms with Gasteiger partial charge in [0, 0.05) is 0 Å². The van der Waals surface area contributed by atoms with Gasteiger partial charge in [-0.05, 0) is 0 Å². The summed E-state index contributed by atoms with van der Waals surface area (Å²) in [6, 6.07) is 3.71. The molecule has 24 heavy (non-hydrogen) atoms. The molecule has 0 amide bonds. The van der Waals surface area contributed by atoms with Gasteiger partial charge in [0.2, 0.25) is 0 Å². The van der Waals surface area contributed by atoms with Gasteiger partial charge in [-0.15, -0.1) is 37.4 Å². The number of aromatic nitrogens is 1. The number of hydrogen-bond donors (Lipinski definition) is 1. The van der Waals surface area contributed by atoms with Gasteiger partial charge in [0.05, 0.1) is 0 Å². The van der Waals surface area contributed by atoms with E-state index in [2.05, 4.69) is 78.7 Å². The molecule has 1 nitrogen and oxygen atoms in total. The molecule has 0 aliphatic heterocycles. The van der Waals surface area contributed by atoms with Crippen molar-refractivity contribution < 1.29 is 24.2 Å². The molecule has 1 aromatic rings. The summed E-state index contributed by atoms with van der Waals surface area (Å²) in [6.45, 7) is 16.7. The Hall–Kier alpha value is 0.0931. The van der Waals surface area contributed by atoms with E-state index >= 15 is 0 Å². The molecular formula is C20H35Cl2NZr-4. The van der Waals surface area contributed by atoms with E-state index in [1.807, 2.05) is 30.5 Å². The molecular weight excluding hydrogens is 416 g/mol. The van der Waals surface area contributed by atoms with Crippen LogP contribution in [0.1, 0.15) is 61.8 Å². The van der Waals surface area contributed by atoms with Gasteiger partial charge in [-0.3, -0.25) is 6.08 Å². The smallest absolute Gasteiger partial charge is 0.108 e. The van der Waals surface area contributed by atoms with Gasteiger partial charge in [-0.2, -0.15) is 65.9 Å². The second-order valence-electron chi connectivity index (χ2n) is 5.82. The van der Waals surface area contributed by atoms with Crippen LogP contribution in [0.3, 0.4) is 0 Å². The summed E-state index contributed by atoms with van der Waals surface area (Å²) in [5.41, 5.74) is 0. The summed E-state index contributed by atoms with van der Waals surface area (Å²) < 4.78 is 1.51. The molecule has 1 aliphatic rings. The van der Waals surface area contributed by atoms with Crippen LogP contribution in [-0.2, 0) is 24.2 Å². The predicted octanol–water partition coefficient (Wildman–Crippen LogP) is 6.95. The topological polar surface area (TPSA) is 15.8 Å².